The fourth-order valence-electron chi connectivity index (χ4n) is 2.96. The third kappa shape index (κ3) is 4.46. The maximum Gasteiger partial charge on any atom is 0.159 e. The van der Waals surface area contributed by atoms with Gasteiger partial charge in [0.05, 0.1) is 24.3 Å². The van der Waals surface area contributed by atoms with Crippen LogP contribution in [0.2, 0.25) is 10.0 Å². The Balaban J connectivity index is 1.95. The van der Waals surface area contributed by atoms with E-state index in [-0.39, 0.29) is 18.0 Å². The van der Waals surface area contributed by atoms with Crippen LogP contribution < -0.4 is 0 Å². The number of allylic oxidation sites excluding steroid dienone is 1. The van der Waals surface area contributed by atoms with Crippen LogP contribution >= 0.6 is 23.2 Å². The first-order valence-electron chi connectivity index (χ1n) is 8.75. The summed E-state index contributed by atoms with van der Waals surface area (Å²) in [6.45, 7) is 6.65. The number of halogens is 2. The van der Waals surface area contributed by atoms with E-state index in [0.29, 0.717) is 35.4 Å². The Labute approximate surface area is 168 Å². The molecule has 0 amide bonds. The van der Waals surface area contributed by atoms with Crippen molar-refractivity contribution in [1.29, 1.82) is 0 Å². The molecule has 0 aliphatic carbocycles. The standard InChI is InChI=1S/C19H23Cl2N3O3/c1-12(2)18-26-8-19(3,9-27-18)17(25)16(24-11-22-10-23-24)6-13-4-5-14(20)7-15(13)21/h4-5,7,10-12,18,25H,6,8-9H2,1-3H3. The van der Waals surface area contributed by atoms with Crippen molar-refractivity contribution in [2.75, 3.05) is 13.2 Å². The molecule has 0 saturated carbocycles. The van der Waals surface area contributed by atoms with Crippen LogP contribution in [0.15, 0.2) is 36.6 Å². The molecule has 1 aliphatic rings. The Bertz CT molecular complexity index is 814. The summed E-state index contributed by atoms with van der Waals surface area (Å²) in [5.74, 6) is 0.379. The monoisotopic (exact) mass is 411 g/mol. The van der Waals surface area contributed by atoms with Crippen molar-refractivity contribution in [2.45, 2.75) is 33.5 Å². The summed E-state index contributed by atoms with van der Waals surface area (Å²) in [4.78, 5) is 4.00. The number of rotatable bonds is 5. The minimum Gasteiger partial charge on any atom is -0.510 e. The van der Waals surface area contributed by atoms with E-state index in [2.05, 4.69) is 10.1 Å². The topological polar surface area (TPSA) is 69.4 Å². The van der Waals surface area contributed by atoms with E-state index in [1.54, 1.807) is 23.1 Å². The van der Waals surface area contributed by atoms with E-state index in [0.717, 1.165) is 5.56 Å². The number of aromatic nitrogens is 3. The third-order valence-corrected chi connectivity index (χ3v) is 5.18. The lowest BCUT2D eigenvalue weighted by molar-refractivity contribution is -0.239. The van der Waals surface area contributed by atoms with Crippen molar-refractivity contribution >= 4 is 28.9 Å². The van der Waals surface area contributed by atoms with Crippen molar-refractivity contribution < 1.29 is 14.6 Å². The lowest BCUT2D eigenvalue weighted by Crippen LogP contribution is -2.43. The van der Waals surface area contributed by atoms with Crippen LogP contribution in [0.1, 0.15) is 26.3 Å². The van der Waals surface area contributed by atoms with E-state index < -0.39 is 5.41 Å². The molecule has 27 heavy (non-hydrogen) atoms. The van der Waals surface area contributed by atoms with E-state index >= 15 is 0 Å². The van der Waals surface area contributed by atoms with Crippen LogP contribution in [-0.2, 0) is 15.9 Å². The van der Waals surface area contributed by atoms with Gasteiger partial charge >= 0.3 is 0 Å². The lowest BCUT2D eigenvalue weighted by Gasteiger charge is -2.38. The van der Waals surface area contributed by atoms with Gasteiger partial charge in [0.2, 0.25) is 0 Å². The molecule has 146 valence electrons. The molecule has 1 fully saturated rings. The number of benzene rings is 1. The summed E-state index contributed by atoms with van der Waals surface area (Å²) in [7, 11) is 0. The number of aliphatic hydroxyl groups is 1. The molecule has 0 atom stereocenters. The van der Waals surface area contributed by atoms with Gasteiger partial charge in [-0.3, -0.25) is 0 Å². The highest BCUT2D eigenvalue weighted by atomic mass is 35.5. The minimum absolute atomic E-state index is 0.140. The SMILES string of the molecule is CC(C)C1OCC(C)(C(O)=C(Cc2ccc(Cl)cc2Cl)n2cncn2)CO1. The molecule has 3 rings (SSSR count). The van der Waals surface area contributed by atoms with Gasteiger partial charge in [0.1, 0.15) is 18.4 Å². The Morgan fingerprint density at radius 1 is 1.33 bits per heavy atom. The maximum absolute atomic E-state index is 11.2. The zero-order chi connectivity index (χ0) is 19.6. The van der Waals surface area contributed by atoms with Crippen LogP contribution in [0.5, 0.6) is 0 Å². The quantitative estimate of drug-likeness (QED) is 0.728. The summed E-state index contributed by atoms with van der Waals surface area (Å²) in [5, 5.41) is 16.4. The van der Waals surface area contributed by atoms with Gasteiger partial charge in [0, 0.05) is 22.4 Å². The van der Waals surface area contributed by atoms with Crippen LogP contribution in [0, 0.1) is 11.3 Å². The molecule has 1 N–H and O–H groups in total. The van der Waals surface area contributed by atoms with Gasteiger partial charge in [-0.15, -0.1) is 0 Å². The first-order valence-corrected chi connectivity index (χ1v) is 9.50. The zero-order valence-electron chi connectivity index (χ0n) is 15.5. The molecule has 1 aromatic carbocycles. The van der Waals surface area contributed by atoms with Gasteiger partial charge in [-0.25, -0.2) is 9.67 Å². The van der Waals surface area contributed by atoms with Crippen molar-refractivity contribution in [3.63, 3.8) is 0 Å². The highest BCUT2D eigenvalue weighted by Gasteiger charge is 2.39. The second-order valence-corrected chi connectivity index (χ2v) is 8.19. The molecule has 2 heterocycles. The molecule has 6 nitrogen and oxygen atoms in total. The summed E-state index contributed by atoms with van der Waals surface area (Å²) < 4.78 is 13.2. The van der Waals surface area contributed by atoms with Crippen molar-refractivity contribution in [3.8, 4) is 0 Å². The number of hydrogen-bond acceptors (Lipinski definition) is 5. The molecule has 0 spiro atoms. The second kappa shape index (κ2) is 8.19. The lowest BCUT2D eigenvalue weighted by atomic mass is 9.87. The number of aliphatic hydroxyl groups excluding tert-OH is 1. The van der Waals surface area contributed by atoms with Crippen LogP contribution in [0.25, 0.3) is 5.70 Å². The van der Waals surface area contributed by atoms with E-state index in [1.807, 2.05) is 26.8 Å². The largest absolute Gasteiger partial charge is 0.510 e. The number of ether oxygens (including phenoxy) is 2. The highest BCUT2D eigenvalue weighted by molar-refractivity contribution is 6.35. The molecule has 1 saturated heterocycles. The van der Waals surface area contributed by atoms with Crippen LogP contribution in [0.3, 0.4) is 0 Å². The fourth-order valence-corrected chi connectivity index (χ4v) is 3.43. The molecule has 8 heteroatoms. The van der Waals surface area contributed by atoms with Gasteiger partial charge in [-0.2, -0.15) is 5.10 Å². The first-order chi connectivity index (χ1) is 12.8. The number of hydrogen-bond donors (Lipinski definition) is 1. The van der Waals surface area contributed by atoms with Crippen molar-refractivity contribution in [1.82, 2.24) is 14.8 Å². The summed E-state index contributed by atoms with van der Waals surface area (Å²) in [5.41, 5.74) is 0.680. The van der Waals surface area contributed by atoms with Gasteiger partial charge in [-0.05, 0) is 24.6 Å². The van der Waals surface area contributed by atoms with Crippen LogP contribution in [0.4, 0.5) is 0 Å². The predicted molar refractivity (Wildman–Crippen MR) is 105 cm³/mol. The van der Waals surface area contributed by atoms with Gasteiger partial charge in [0.25, 0.3) is 0 Å². The fraction of sp³-hybridized carbons (Fsp3) is 0.474. The van der Waals surface area contributed by atoms with Crippen molar-refractivity contribution in [3.05, 3.63) is 52.2 Å². The normalized spacial score (nSPS) is 24.1. The Hall–Kier alpha value is -1.60. The molecular weight excluding hydrogens is 389 g/mol. The van der Waals surface area contributed by atoms with Crippen molar-refractivity contribution in [2.24, 2.45) is 11.3 Å². The Kier molecular flexibility index (Phi) is 6.11. The van der Waals surface area contributed by atoms with E-state index in [4.69, 9.17) is 32.7 Å². The first kappa shape index (κ1) is 20.1. The van der Waals surface area contributed by atoms with Gasteiger partial charge in [0.15, 0.2) is 6.29 Å². The summed E-state index contributed by atoms with van der Waals surface area (Å²) >= 11 is 12.3. The molecule has 0 unspecified atom stereocenters. The van der Waals surface area contributed by atoms with E-state index in [1.165, 1.54) is 6.33 Å². The zero-order valence-corrected chi connectivity index (χ0v) is 17.0. The molecule has 2 aromatic rings. The number of nitrogens with zero attached hydrogens (tertiary/aromatic N) is 3. The molecule has 1 aromatic heterocycles. The smallest absolute Gasteiger partial charge is 0.159 e. The van der Waals surface area contributed by atoms with E-state index in [9.17, 15) is 5.11 Å². The molecule has 0 radical (unpaired) electrons. The third-order valence-electron chi connectivity index (χ3n) is 4.59. The second-order valence-electron chi connectivity index (χ2n) is 7.34. The molecule has 1 aliphatic heterocycles. The predicted octanol–water partition coefficient (Wildman–Crippen LogP) is 4.59. The molecular formula is C19H23Cl2N3O3. The summed E-state index contributed by atoms with van der Waals surface area (Å²) in [6, 6.07) is 5.27. The minimum atomic E-state index is -0.703. The summed E-state index contributed by atoms with van der Waals surface area (Å²) in [6.07, 6.45) is 3.04. The Morgan fingerprint density at radius 2 is 2.04 bits per heavy atom. The average Bonchev–Trinajstić information content (AvgIpc) is 3.15. The maximum atomic E-state index is 11.2. The Morgan fingerprint density at radius 3 is 2.59 bits per heavy atom. The van der Waals surface area contributed by atoms with Crippen LogP contribution in [-0.4, -0.2) is 39.4 Å². The molecule has 0 bridgehead atoms. The van der Waals surface area contributed by atoms with Gasteiger partial charge < -0.3 is 14.6 Å². The highest BCUT2D eigenvalue weighted by Crippen LogP contribution is 2.36. The van der Waals surface area contributed by atoms with Gasteiger partial charge in [-0.1, -0.05) is 43.1 Å². The average molecular weight is 412 g/mol.